The summed E-state index contributed by atoms with van der Waals surface area (Å²) in [7, 11) is 1.63. The summed E-state index contributed by atoms with van der Waals surface area (Å²) in [5, 5.41) is 6.81. The Kier molecular flexibility index (Phi) is 3.76. The van der Waals surface area contributed by atoms with E-state index in [-0.39, 0.29) is 11.5 Å². The van der Waals surface area contributed by atoms with Gasteiger partial charge in [-0.15, -0.1) is 0 Å². The van der Waals surface area contributed by atoms with Crippen molar-refractivity contribution in [3.8, 4) is 0 Å². The fraction of sp³-hybridized carbons (Fsp3) is 0.429. The normalized spacial score (nSPS) is 17.1. The van der Waals surface area contributed by atoms with Crippen LogP contribution in [0.25, 0.3) is 0 Å². The van der Waals surface area contributed by atoms with Crippen LogP contribution >= 0.6 is 0 Å². The molecule has 0 unspecified atom stereocenters. The molecule has 2 aromatic heterocycles. The number of rotatable bonds is 3. The van der Waals surface area contributed by atoms with Crippen molar-refractivity contribution in [1.29, 1.82) is 0 Å². The van der Waals surface area contributed by atoms with Gasteiger partial charge in [-0.2, -0.15) is 4.98 Å². The van der Waals surface area contributed by atoms with Crippen LogP contribution in [0, 0.1) is 0 Å². The molecule has 22 heavy (non-hydrogen) atoms. The summed E-state index contributed by atoms with van der Waals surface area (Å²) >= 11 is 0. The molecule has 8 nitrogen and oxygen atoms in total. The van der Waals surface area contributed by atoms with Crippen molar-refractivity contribution in [2.45, 2.75) is 18.4 Å². The van der Waals surface area contributed by atoms with Gasteiger partial charge in [0.25, 0.3) is 11.5 Å². The zero-order valence-corrected chi connectivity index (χ0v) is 12.1. The van der Waals surface area contributed by atoms with Gasteiger partial charge in [0.1, 0.15) is 5.54 Å². The molecule has 1 fully saturated rings. The SMILES string of the molecule is Cn1ccc(C(=O)NC2(c3ncon3)CCOCC2)cc1=O. The molecule has 116 valence electrons. The fourth-order valence-corrected chi connectivity index (χ4v) is 2.49. The second-order valence-electron chi connectivity index (χ2n) is 5.27. The van der Waals surface area contributed by atoms with Gasteiger partial charge in [-0.25, -0.2) is 0 Å². The molecule has 0 bridgehead atoms. The van der Waals surface area contributed by atoms with Crippen molar-refractivity contribution in [1.82, 2.24) is 20.0 Å². The molecule has 0 aromatic carbocycles. The fourth-order valence-electron chi connectivity index (χ4n) is 2.49. The van der Waals surface area contributed by atoms with E-state index in [0.717, 1.165) is 0 Å². The maximum Gasteiger partial charge on any atom is 0.252 e. The Morgan fingerprint density at radius 3 is 2.82 bits per heavy atom. The Hall–Kier alpha value is -2.48. The van der Waals surface area contributed by atoms with Gasteiger partial charge in [-0.1, -0.05) is 5.16 Å². The minimum atomic E-state index is -0.733. The Balaban J connectivity index is 1.88. The number of hydrogen-bond donors (Lipinski definition) is 1. The van der Waals surface area contributed by atoms with Crippen molar-refractivity contribution in [2.24, 2.45) is 7.05 Å². The van der Waals surface area contributed by atoms with Gasteiger partial charge in [-0.3, -0.25) is 9.59 Å². The summed E-state index contributed by atoms with van der Waals surface area (Å²) < 4.78 is 11.6. The molecule has 1 amide bonds. The molecule has 0 atom stereocenters. The molecule has 0 radical (unpaired) electrons. The molecule has 3 heterocycles. The quantitative estimate of drug-likeness (QED) is 0.870. The van der Waals surface area contributed by atoms with Crippen molar-refractivity contribution in [3.05, 3.63) is 46.5 Å². The molecule has 8 heteroatoms. The average Bonchev–Trinajstić information content (AvgIpc) is 3.06. The zero-order chi connectivity index (χ0) is 15.6. The number of carbonyl (C=O) groups is 1. The molecule has 0 saturated carbocycles. The van der Waals surface area contributed by atoms with Crippen LogP contribution in [0.15, 0.2) is 34.0 Å². The van der Waals surface area contributed by atoms with E-state index in [1.54, 1.807) is 19.3 Å². The van der Waals surface area contributed by atoms with Gasteiger partial charge in [0.2, 0.25) is 6.39 Å². The van der Waals surface area contributed by atoms with Crippen molar-refractivity contribution >= 4 is 5.91 Å². The number of aryl methyl sites for hydroxylation is 1. The van der Waals surface area contributed by atoms with Crippen molar-refractivity contribution < 1.29 is 14.1 Å². The van der Waals surface area contributed by atoms with E-state index in [4.69, 9.17) is 9.26 Å². The second-order valence-corrected chi connectivity index (χ2v) is 5.27. The first-order chi connectivity index (χ1) is 10.6. The number of pyridine rings is 1. The van der Waals surface area contributed by atoms with E-state index in [0.29, 0.717) is 37.4 Å². The molecule has 0 spiro atoms. The van der Waals surface area contributed by atoms with Crippen LogP contribution in [0.5, 0.6) is 0 Å². The number of ether oxygens (including phenoxy) is 1. The Labute approximate surface area is 126 Å². The number of carbonyl (C=O) groups excluding carboxylic acids is 1. The highest BCUT2D eigenvalue weighted by Gasteiger charge is 2.40. The minimum absolute atomic E-state index is 0.242. The Bertz CT molecular complexity index is 717. The number of nitrogens with zero attached hydrogens (tertiary/aromatic N) is 3. The number of aromatic nitrogens is 3. The third-order valence-electron chi connectivity index (χ3n) is 3.85. The van der Waals surface area contributed by atoms with Gasteiger partial charge in [0.05, 0.1) is 0 Å². The van der Waals surface area contributed by atoms with Gasteiger partial charge in [0, 0.05) is 50.9 Å². The van der Waals surface area contributed by atoms with Gasteiger partial charge in [-0.05, 0) is 6.07 Å². The number of hydrogen-bond acceptors (Lipinski definition) is 6. The summed E-state index contributed by atoms with van der Waals surface area (Å²) in [4.78, 5) is 28.2. The van der Waals surface area contributed by atoms with Crippen LogP contribution in [0.1, 0.15) is 29.0 Å². The third-order valence-corrected chi connectivity index (χ3v) is 3.85. The highest BCUT2D eigenvalue weighted by Crippen LogP contribution is 2.30. The lowest BCUT2D eigenvalue weighted by Gasteiger charge is -2.35. The van der Waals surface area contributed by atoms with Crippen molar-refractivity contribution in [3.63, 3.8) is 0 Å². The molecule has 1 aliphatic heterocycles. The van der Waals surface area contributed by atoms with Crippen LogP contribution in [0.3, 0.4) is 0 Å². The van der Waals surface area contributed by atoms with E-state index in [9.17, 15) is 9.59 Å². The summed E-state index contributed by atoms with van der Waals surface area (Å²) in [6.45, 7) is 0.983. The lowest BCUT2D eigenvalue weighted by molar-refractivity contribution is 0.0306. The average molecular weight is 304 g/mol. The predicted molar refractivity (Wildman–Crippen MR) is 75.2 cm³/mol. The van der Waals surface area contributed by atoms with E-state index in [1.807, 2.05) is 0 Å². The monoisotopic (exact) mass is 304 g/mol. The first-order valence-corrected chi connectivity index (χ1v) is 6.94. The van der Waals surface area contributed by atoms with E-state index >= 15 is 0 Å². The Morgan fingerprint density at radius 1 is 1.41 bits per heavy atom. The predicted octanol–water partition coefficient (Wildman–Crippen LogP) is 0.204. The molecule has 2 aromatic rings. The smallest absolute Gasteiger partial charge is 0.252 e. The highest BCUT2D eigenvalue weighted by atomic mass is 16.5. The van der Waals surface area contributed by atoms with Gasteiger partial charge in [0.15, 0.2) is 5.82 Å². The lowest BCUT2D eigenvalue weighted by Crippen LogP contribution is -2.50. The molecular formula is C14H16N4O4. The van der Waals surface area contributed by atoms with Gasteiger partial charge >= 0.3 is 0 Å². The lowest BCUT2D eigenvalue weighted by atomic mass is 9.88. The molecule has 0 aliphatic carbocycles. The molecular weight excluding hydrogens is 288 g/mol. The van der Waals surface area contributed by atoms with E-state index in [1.165, 1.54) is 17.0 Å². The van der Waals surface area contributed by atoms with Crippen LogP contribution in [-0.2, 0) is 17.3 Å². The standard InChI is InChI=1S/C14H16N4O4/c1-18-5-2-10(8-11(18)19)12(20)16-14(3-6-21-7-4-14)13-15-9-22-17-13/h2,5,8-9H,3-4,6-7H2,1H3,(H,16,20). The maximum absolute atomic E-state index is 12.5. The second kappa shape index (κ2) is 5.72. The third kappa shape index (κ3) is 2.64. The molecule has 1 N–H and O–H groups in total. The zero-order valence-electron chi connectivity index (χ0n) is 12.1. The van der Waals surface area contributed by atoms with E-state index in [2.05, 4.69) is 15.5 Å². The van der Waals surface area contributed by atoms with Crippen LogP contribution in [0.2, 0.25) is 0 Å². The first-order valence-electron chi connectivity index (χ1n) is 6.94. The Morgan fingerprint density at radius 2 is 2.18 bits per heavy atom. The number of nitrogens with one attached hydrogen (secondary N) is 1. The van der Waals surface area contributed by atoms with Crippen molar-refractivity contribution in [2.75, 3.05) is 13.2 Å². The summed E-state index contributed by atoms with van der Waals surface area (Å²) in [6, 6.07) is 2.90. The largest absolute Gasteiger partial charge is 0.381 e. The molecule has 3 rings (SSSR count). The highest BCUT2D eigenvalue weighted by molar-refractivity contribution is 5.94. The van der Waals surface area contributed by atoms with E-state index < -0.39 is 5.54 Å². The summed E-state index contributed by atoms with van der Waals surface area (Å²) in [6.07, 6.45) is 3.88. The summed E-state index contributed by atoms with van der Waals surface area (Å²) in [5.41, 5.74) is -0.672. The van der Waals surface area contributed by atoms with Gasteiger partial charge < -0.3 is 19.1 Å². The number of amides is 1. The topological polar surface area (TPSA) is 99.2 Å². The summed E-state index contributed by atoms with van der Waals surface area (Å²) in [5.74, 6) is 0.0809. The minimum Gasteiger partial charge on any atom is -0.381 e. The molecule has 1 aliphatic rings. The maximum atomic E-state index is 12.5. The van der Waals surface area contributed by atoms with Crippen LogP contribution < -0.4 is 10.9 Å². The first kappa shape index (κ1) is 14.5. The van der Waals surface area contributed by atoms with Crippen LogP contribution in [-0.4, -0.2) is 33.8 Å². The van der Waals surface area contributed by atoms with Crippen LogP contribution in [0.4, 0.5) is 0 Å². The molecule has 1 saturated heterocycles.